The van der Waals surface area contributed by atoms with Crippen LogP contribution >= 0.6 is 0 Å². The normalized spacial score (nSPS) is 25.1. The van der Waals surface area contributed by atoms with E-state index in [0.29, 0.717) is 19.3 Å². The van der Waals surface area contributed by atoms with Gasteiger partial charge in [-0.15, -0.1) is 0 Å². The summed E-state index contributed by atoms with van der Waals surface area (Å²) in [5.41, 5.74) is 0. The second-order valence-electron chi connectivity index (χ2n) is 6.50. The molecule has 0 aromatic carbocycles. The van der Waals surface area contributed by atoms with E-state index in [0.717, 1.165) is 0 Å². The average molecular weight is 297 g/mol. The molecule has 21 heavy (non-hydrogen) atoms. The van der Waals surface area contributed by atoms with E-state index in [2.05, 4.69) is 0 Å². The van der Waals surface area contributed by atoms with Gasteiger partial charge in [0.2, 0.25) is 17.7 Å². The van der Waals surface area contributed by atoms with Gasteiger partial charge in [-0.05, 0) is 19.3 Å². The molecule has 1 fully saturated rings. The minimum Gasteiger partial charge on any atom is -0.349 e. The van der Waals surface area contributed by atoms with E-state index in [1.165, 1.54) is 0 Å². The van der Waals surface area contributed by atoms with Crippen LogP contribution in [0, 0.1) is 17.8 Å². The maximum Gasteiger partial charge on any atom is 0.225 e. The number of nitrogens with zero attached hydrogens (tertiary/aromatic N) is 3. The standard InChI is InChI=1S/C15H27N3O3/c1-16(2)13(19)10-7-11(14(20)17(3)4)9-12(8-10)15(21)18(5)6/h10-12H,7-9H2,1-6H3. The molecule has 6 heteroatoms. The van der Waals surface area contributed by atoms with Crippen LogP contribution in [-0.4, -0.2) is 74.7 Å². The summed E-state index contributed by atoms with van der Waals surface area (Å²) in [6.45, 7) is 0. The van der Waals surface area contributed by atoms with Gasteiger partial charge in [-0.1, -0.05) is 0 Å². The van der Waals surface area contributed by atoms with Gasteiger partial charge in [0, 0.05) is 60.0 Å². The van der Waals surface area contributed by atoms with Crippen LogP contribution in [0.2, 0.25) is 0 Å². The highest BCUT2D eigenvalue weighted by molar-refractivity contribution is 5.85. The topological polar surface area (TPSA) is 60.9 Å². The number of amides is 3. The summed E-state index contributed by atoms with van der Waals surface area (Å²) in [7, 11) is 10.3. The van der Waals surface area contributed by atoms with Crippen LogP contribution in [0.4, 0.5) is 0 Å². The van der Waals surface area contributed by atoms with Crippen molar-refractivity contribution in [2.75, 3.05) is 42.3 Å². The predicted molar refractivity (Wildman–Crippen MR) is 80.4 cm³/mol. The summed E-state index contributed by atoms with van der Waals surface area (Å²) >= 11 is 0. The molecule has 0 saturated heterocycles. The summed E-state index contributed by atoms with van der Waals surface area (Å²) in [5, 5.41) is 0. The van der Waals surface area contributed by atoms with Crippen molar-refractivity contribution in [1.82, 2.24) is 14.7 Å². The maximum atomic E-state index is 12.3. The first-order valence-corrected chi connectivity index (χ1v) is 7.28. The van der Waals surface area contributed by atoms with Crippen molar-refractivity contribution in [2.24, 2.45) is 17.8 Å². The molecule has 0 unspecified atom stereocenters. The Kier molecular flexibility index (Phi) is 5.75. The first-order valence-electron chi connectivity index (χ1n) is 7.28. The van der Waals surface area contributed by atoms with Crippen molar-refractivity contribution in [1.29, 1.82) is 0 Å². The van der Waals surface area contributed by atoms with E-state index in [9.17, 15) is 14.4 Å². The fraction of sp³-hybridized carbons (Fsp3) is 0.800. The zero-order valence-electron chi connectivity index (χ0n) is 13.9. The number of hydrogen-bond acceptors (Lipinski definition) is 3. The van der Waals surface area contributed by atoms with E-state index in [-0.39, 0.29) is 35.5 Å². The fourth-order valence-corrected chi connectivity index (χ4v) is 3.02. The Morgan fingerprint density at radius 3 is 0.905 bits per heavy atom. The minimum atomic E-state index is -0.253. The summed E-state index contributed by atoms with van der Waals surface area (Å²) in [4.78, 5) is 41.4. The highest BCUT2D eigenvalue weighted by Crippen LogP contribution is 2.36. The van der Waals surface area contributed by atoms with Crippen LogP contribution in [0.25, 0.3) is 0 Å². The molecule has 0 atom stereocenters. The molecule has 120 valence electrons. The molecule has 6 nitrogen and oxygen atoms in total. The van der Waals surface area contributed by atoms with Gasteiger partial charge in [-0.2, -0.15) is 0 Å². The lowest BCUT2D eigenvalue weighted by atomic mass is 9.73. The lowest BCUT2D eigenvalue weighted by molar-refractivity contribution is -0.144. The van der Waals surface area contributed by atoms with Crippen molar-refractivity contribution in [3.05, 3.63) is 0 Å². The minimum absolute atomic E-state index is 0.00260. The second-order valence-corrected chi connectivity index (χ2v) is 6.50. The van der Waals surface area contributed by atoms with Gasteiger partial charge in [-0.25, -0.2) is 0 Å². The van der Waals surface area contributed by atoms with Gasteiger partial charge in [0.05, 0.1) is 0 Å². The second kappa shape index (κ2) is 6.91. The number of rotatable bonds is 3. The number of hydrogen-bond donors (Lipinski definition) is 0. The highest BCUT2D eigenvalue weighted by Gasteiger charge is 2.40. The Labute approximate surface area is 127 Å². The van der Waals surface area contributed by atoms with Crippen LogP contribution in [0.15, 0.2) is 0 Å². The number of carbonyl (C=O) groups excluding carboxylic acids is 3. The molecule has 0 N–H and O–H groups in total. The molecule has 0 spiro atoms. The average Bonchev–Trinajstić information content (AvgIpc) is 2.43. The zero-order chi connectivity index (χ0) is 16.3. The Morgan fingerprint density at radius 1 is 0.571 bits per heavy atom. The van der Waals surface area contributed by atoms with Gasteiger partial charge in [-0.3, -0.25) is 14.4 Å². The van der Waals surface area contributed by atoms with E-state index >= 15 is 0 Å². The van der Waals surface area contributed by atoms with Crippen molar-refractivity contribution in [3.8, 4) is 0 Å². The van der Waals surface area contributed by atoms with Crippen molar-refractivity contribution in [3.63, 3.8) is 0 Å². The quantitative estimate of drug-likeness (QED) is 0.752. The van der Waals surface area contributed by atoms with Crippen LogP contribution in [0.5, 0.6) is 0 Å². The third-order valence-corrected chi connectivity index (χ3v) is 4.08. The molecule has 1 rings (SSSR count). The van der Waals surface area contributed by atoms with Gasteiger partial charge >= 0.3 is 0 Å². The van der Waals surface area contributed by atoms with Gasteiger partial charge < -0.3 is 14.7 Å². The third-order valence-electron chi connectivity index (χ3n) is 4.08. The van der Waals surface area contributed by atoms with Crippen LogP contribution in [-0.2, 0) is 14.4 Å². The Hall–Kier alpha value is -1.59. The molecule has 3 amide bonds. The third kappa shape index (κ3) is 4.19. The van der Waals surface area contributed by atoms with E-state index in [4.69, 9.17) is 0 Å². The predicted octanol–water partition coefficient (Wildman–Crippen LogP) is 0.284. The molecule has 0 aromatic heterocycles. The molecule has 0 aliphatic heterocycles. The summed E-state index contributed by atoms with van der Waals surface area (Å²) in [6.07, 6.45) is 1.60. The van der Waals surface area contributed by atoms with E-state index in [1.54, 1.807) is 57.0 Å². The van der Waals surface area contributed by atoms with E-state index < -0.39 is 0 Å². The smallest absolute Gasteiger partial charge is 0.225 e. The maximum absolute atomic E-state index is 12.3. The van der Waals surface area contributed by atoms with Gasteiger partial charge in [0.1, 0.15) is 0 Å². The van der Waals surface area contributed by atoms with Gasteiger partial charge in [0.15, 0.2) is 0 Å². The Balaban J connectivity index is 2.95. The van der Waals surface area contributed by atoms with E-state index in [1.807, 2.05) is 0 Å². The van der Waals surface area contributed by atoms with Crippen molar-refractivity contribution >= 4 is 17.7 Å². The van der Waals surface area contributed by atoms with Crippen LogP contribution in [0.3, 0.4) is 0 Å². The fourth-order valence-electron chi connectivity index (χ4n) is 3.02. The summed E-state index contributed by atoms with van der Waals surface area (Å²) in [5.74, 6) is -0.752. The molecule has 0 aromatic rings. The molecule has 0 bridgehead atoms. The first-order chi connectivity index (χ1) is 9.65. The van der Waals surface area contributed by atoms with Crippen LogP contribution in [0.1, 0.15) is 19.3 Å². The van der Waals surface area contributed by atoms with Crippen molar-refractivity contribution in [2.45, 2.75) is 19.3 Å². The first kappa shape index (κ1) is 17.5. The Morgan fingerprint density at radius 2 is 0.762 bits per heavy atom. The molecular formula is C15H27N3O3. The lowest BCUT2D eigenvalue weighted by Crippen LogP contribution is -2.44. The lowest BCUT2D eigenvalue weighted by Gasteiger charge is -2.35. The molecule has 1 saturated carbocycles. The highest BCUT2D eigenvalue weighted by atomic mass is 16.2. The summed E-state index contributed by atoms with van der Waals surface area (Å²) in [6, 6.07) is 0. The molecule has 0 radical (unpaired) electrons. The van der Waals surface area contributed by atoms with Gasteiger partial charge in [0.25, 0.3) is 0 Å². The monoisotopic (exact) mass is 297 g/mol. The Bertz CT molecular complexity index is 351. The van der Waals surface area contributed by atoms with Crippen molar-refractivity contribution < 1.29 is 14.4 Å². The zero-order valence-corrected chi connectivity index (χ0v) is 13.9. The molecular weight excluding hydrogens is 270 g/mol. The molecule has 1 aliphatic carbocycles. The molecule has 0 heterocycles. The van der Waals surface area contributed by atoms with Crippen LogP contribution < -0.4 is 0 Å². The summed E-state index contributed by atoms with van der Waals surface area (Å²) < 4.78 is 0. The number of carbonyl (C=O) groups is 3. The largest absolute Gasteiger partial charge is 0.349 e. The molecule has 1 aliphatic rings. The SMILES string of the molecule is CN(C)C(=O)C1CC(C(=O)N(C)C)CC(C(=O)N(C)C)C1.